The van der Waals surface area contributed by atoms with Crippen molar-refractivity contribution >= 4 is 29.2 Å². The Hall–Kier alpha value is -3.06. The number of esters is 1. The second-order valence-electron chi connectivity index (χ2n) is 9.64. The van der Waals surface area contributed by atoms with Crippen LogP contribution in [0.15, 0.2) is 63.6 Å². The minimum atomic E-state index is -0.630. The van der Waals surface area contributed by atoms with Gasteiger partial charge in [-0.3, -0.25) is 14.6 Å². The lowest BCUT2D eigenvalue weighted by molar-refractivity contribution is -0.151. The van der Waals surface area contributed by atoms with E-state index in [1.54, 1.807) is 26.0 Å². The van der Waals surface area contributed by atoms with Gasteiger partial charge in [-0.25, -0.2) is 0 Å². The molecule has 1 unspecified atom stereocenters. The minimum Gasteiger partial charge on any atom is -0.493 e. The number of Topliss-reactive ketones (excluding diaryl/α,β-unsaturated/α-hetero) is 1. The Morgan fingerprint density at radius 3 is 2.35 bits per heavy atom. The smallest absolute Gasteiger partial charge is 0.315 e. The first kappa shape index (κ1) is 27.0. The fourth-order valence-electron chi connectivity index (χ4n) is 5.23. The van der Waals surface area contributed by atoms with Gasteiger partial charge in [0.15, 0.2) is 17.3 Å². The number of benzene rings is 2. The summed E-state index contributed by atoms with van der Waals surface area (Å²) >= 11 is 1.66. The summed E-state index contributed by atoms with van der Waals surface area (Å²) in [6.07, 6.45) is 3.50. The van der Waals surface area contributed by atoms with E-state index in [4.69, 9.17) is 19.2 Å². The van der Waals surface area contributed by atoms with Gasteiger partial charge < -0.3 is 14.2 Å². The first-order valence-corrected chi connectivity index (χ1v) is 13.9. The molecule has 0 amide bonds. The summed E-state index contributed by atoms with van der Waals surface area (Å²) in [7, 11) is 3.21. The zero-order valence-corrected chi connectivity index (χ0v) is 23.2. The predicted octanol–water partition coefficient (Wildman–Crippen LogP) is 6.34. The highest BCUT2D eigenvalue weighted by Gasteiger charge is 2.45. The molecule has 196 valence electrons. The number of methoxy groups -OCH3 is 2. The zero-order valence-electron chi connectivity index (χ0n) is 22.4. The molecule has 2 aromatic carbocycles. The molecule has 0 bridgehead atoms. The molecule has 7 heteroatoms. The Labute approximate surface area is 223 Å². The summed E-state index contributed by atoms with van der Waals surface area (Å²) in [4.78, 5) is 33.2. The average molecular weight is 522 g/mol. The van der Waals surface area contributed by atoms with E-state index in [0.29, 0.717) is 35.6 Å². The van der Waals surface area contributed by atoms with Crippen LogP contribution in [0.5, 0.6) is 11.5 Å². The quantitative estimate of drug-likeness (QED) is 0.298. The van der Waals surface area contributed by atoms with Gasteiger partial charge in [0.25, 0.3) is 0 Å². The van der Waals surface area contributed by atoms with Crippen LogP contribution in [0.2, 0.25) is 0 Å². The molecule has 2 aromatic rings. The maximum absolute atomic E-state index is 13.8. The van der Waals surface area contributed by atoms with E-state index in [1.807, 2.05) is 69.5 Å². The molecular weight excluding hydrogens is 486 g/mol. The van der Waals surface area contributed by atoms with E-state index in [9.17, 15) is 9.59 Å². The Balaban J connectivity index is 1.76. The highest BCUT2D eigenvalue weighted by molar-refractivity contribution is 7.98. The largest absolute Gasteiger partial charge is 0.493 e. The van der Waals surface area contributed by atoms with Gasteiger partial charge in [0.1, 0.15) is 5.92 Å². The van der Waals surface area contributed by atoms with E-state index < -0.39 is 11.8 Å². The van der Waals surface area contributed by atoms with Crippen LogP contribution in [0.3, 0.4) is 0 Å². The number of thioether (sulfide) groups is 1. The molecule has 0 radical (unpaired) electrons. The normalized spacial score (nSPS) is 22.2. The van der Waals surface area contributed by atoms with Crippen molar-refractivity contribution < 1.29 is 23.8 Å². The van der Waals surface area contributed by atoms with Gasteiger partial charge in [-0.2, -0.15) is 0 Å². The third-order valence-corrected chi connectivity index (χ3v) is 8.13. The molecule has 1 heterocycles. The van der Waals surface area contributed by atoms with Crippen LogP contribution in [-0.4, -0.2) is 44.0 Å². The van der Waals surface area contributed by atoms with E-state index in [1.165, 1.54) is 0 Å². The van der Waals surface area contributed by atoms with Gasteiger partial charge in [0, 0.05) is 34.2 Å². The lowest BCUT2D eigenvalue weighted by Gasteiger charge is -2.37. The summed E-state index contributed by atoms with van der Waals surface area (Å²) in [6.45, 7) is 5.75. The number of rotatable bonds is 8. The molecule has 0 saturated heterocycles. The number of allylic oxidation sites excluding steroid dienone is 2. The minimum absolute atomic E-state index is 0.0255. The van der Waals surface area contributed by atoms with Crippen molar-refractivity contribution in [2.24, 2.45) is 10.9 Å². The standard InChI is InChI=1S/C30H35NO5S/c1-7-17(2)36-30(33)27-18(3)31-23-14-21(20-10-13-25(34-4)26(16-20)35-5)15-24(32)29(23)28(27)19-8-11-22(37-6)12-9-19/h8-13,16-17,21,27-28H,7,14-15H2,1-6H3/t17-,21+,27?,28+/m0/s1. The summed E-state index contributed by atoms with van der Waals surface area (Å²) in [6, 6.07) is 13.9. The Morgan fingerprint density at radius 2 is 1.73 bits per heavy atom. The second kappa shape index (κ2) is 11.5. The van der Waals surface area contributed by atoms with Crippen LogP contribution < -0.4 is 9.47 Å². The van der Waals surface area contributed by atoms with Gasteiger partial charge in [-0.15, -0.1) is 11.8 Å². The van der Waals surface area contributed by atoms with Gasteiger partial charge in [0.05, 0.1) is 20.3 Å². The number of aliphatic imine (C=N–C) groups is 1. The molecule has 0 aromatic heterocycles. The van der Waals surface area contributed by atoms with Crippen molar-refractivity contribution in [3.63, 3.8) is 0 Å². The first-order valence-electron chi connectivity index (χ1n) is 12.7. The Kier molecular flexibility index (Phi) is 8.42. The van der Waals surface area contributed by atoms with Crippen molar-refractivity contribution in [3.05, 3.63) is 64.9 Å². The SMILES string of the molecule is CC[C@H](C)OC(=O)C1C(C)=NC2=C(C(=O)C[C@H](c3ccc(OC)c(OC)c3)C2)[C@@H]1c1ccc(SC)cc1. The van der Waals surface area contributed by atoms with Crippen LogP contribution in [0.1, 0.15) is 63.0 Å². The van der Waals surface area contributed by atoms with Crippen molar-refractivity contribution in [1.82, 2.24) is 0 Å². The molecule has 4 rings (SSSR count). The Morgan fingerprint density at radius 1 is 1.05 bits per heavy atom. The second-order valence-corrected chi connectivity index (χ2v) is 10.5. The number of hydrogen-bond acceptors (Lipinski definition) is 7. The van der Waals surface area contributed by atoms with Crippen molar-refractivity contribution in [1.29, 1.82) is 0 Å². The summed E-state index contributed by atoms with van der Waals surface area (Å²) in [5.74, 6) is -0.0982. The van der Waals surface area contributed by atoms with Crippen LogP contribution in [0.4, 0.5) is 0 Å². The number of carbonyl (C=O) groups excluding carboxylic acids is 2. The molecule has 0 N–H and O–H groups in total. The van der Waals surface area contributed by atoms with E-state index >= 15 is 0 Å². The average Bonchev–Trinajstić information content (AvgIpc) is 2.91. The summed E-state index contributed by atoms with van der Waals surface area (Å²) in [5, 5.41) is 0. The maximum Gasteiger partial charge on any atom is 0.315 e. The van der Waals surface area contributed by atoms with Gasteiger partial charge in [-0.1, -0.05) is 25.1 Å². The monoisotopic (exact) mass is 521 g/mol. The third kappa shape index (κ3) is 5.47. The van der Waals surface area contributed by atoms with Gasteiger partial charge in [-0.05, 0) is 74.3 Å². The predicted molar refractivity (Wildman–Crippen MR) is 147 cm³/mol. The van der Waals surface area contributed by atoms with Crippen LogP contribution in [0.25, 0.3) is 0 Å². The van der Waals surface area contributed by atoms with Gasteiger partial charge in [0.2, 0.25) is 0 Å². The van der Waals surface area contributed by atoms with E-state index in [-0.39, 0.29) is 23.8 Å². The maximum atomic E-state index is 13.8. The third-order valence-electron chi connectivity index (χ3n) is 7.39. The first-order chi connectivity index (χ1) is 17.8. The van der Waals surface area contributed by atoms with E-state index in [2.05, 4.69) is 0 Å². The van der Waals surface area contributed by atoms with Crippen LogP contribution in [0, 0.1) is 5.92 Å². The van der Waals surface area contributed by atoms with Crippen molar-refractivity contribution in [2.75, 3.05) is 20.5 Å². The highest BCUT2D eigenvalue weighted by Crippen LogP contribution is 2.47. The molecule has 37 heavy (non-hydrogen) atoms. The fraction of sp³-hybridized carbons (Fsp3) is 0.433. The lowest BCUT2D eigenvalue weighted by atomic mass is 9.69. The zero-order chi connectivity index (χ0) is 26.7. The molecule has 4 atom stereocenters. The number of ketones is 1. The van der Waals surface area contributed by atoms with Crippen molar-refractivity contribution in [2.45, 2.75) is 62.9 Å². The number of hydrogen-bond donors (Lipinski definition) is 0. The van der Waals surface area contributed by atoms with Crippen LogP contribution >= 0.6 is 11.8 Å². The molecule has 6 nitrogen and oxygen atoms in total. The number of ether oxygens (including phenoxy) is 3. The van der Waals surface area contributed by atoms with Crippen molar-refractivity contribution in [3.8, 4) is 11.5 Å². The summed E-state index contributed by atoms with van der Waals surface area (Å²) < 4.78 is 16.6. The molecule has 0 saturated carbocycles. The molecule has 2 aliphatic rings. The topological polar surface area (TPSA) is 74.2 Å². The molecule has 1 aliphatic heterocycles. The van der Waals surface area contributed by atoms with Gasteiger partial charge >= 0.3 is 5.97 Å². The number of carbonyl (C=O) groups is 2. The molecule has 0 fully saturated rings. The Bertz CT molecular complexity index is 1230. The summed E-state index contributed by atoms with van der Waals surface area (Å²) in [5.41, 5.74) is 4.03. The molecule has 0 spiro atoms. The highest BCUT2D eigenvalue weighted by atomic mass is 32.2. The van der Waals surface area contributed by atoms with Crippen LogP contribution in [-0.2, 0) is 14.3 Å². The van der Waals surface area contributed by atoms with E-state index in [0.717, 1.165) is 28.1 Å². The lowest BCUT2D eigenvalue weighted by Crippen LogP contribution is -2.39. The molecule has 1 aliphatic carbocycles. The molecular formula is C30H35NO5S. The number of nitrogens with zero attached hydrogens (tertiary/aromatic N) is 1. The fourth-order valence-corrected chi connectivity index (χ4v) is 5.64.